The fraction of sp³-hybridized carbons (Fsp3) is 0.852. The van der Waals surface area contributed by atoms with Crippen molar-refractivity contribution in [3.8, 4) is 0 Å². The van der Waals surface area contributed by atoms with E-state index in [1.807, 2.05) is 0 Å². The summed E-state index contributed by atoms with van der Waals surface area (Å²) in [6.45, 7) is 7.69. The second-order valence-electron chi connectivity index (χ2n) is 11.9. The van der Waals surface area contributed by atoms with Gasteiger partial charge in [-0.2, -0.15) is 0 Å². The summed E-state index contributed by atoms with van der Waals surface area (Å²) in [5, 5.41) is 73.9. The van der Waals surface area contributed by atoms with E-state index in [9.17, 15) is 45.3 Å². The quantitative estimate of drug-likeness (QED) is 0.122. The van der Waals surface area contributed by atoms with Crippen LogP contribution in [0.1, 0.15) is 46.5 Å². The maximum absolute atomic E-state index is 12.7. The molecule has 13 nitrogen and oxygen atoms in total. The monoisotopic (exact) mass is 576 g/mol. The van der Waals surface area contributed by atoms with Crippen LogP contribution >= 0.6 is 0 Å². The van der Waals surface area contributed by atoms with Crippen LogP contribution in [-0.2, 0) is 28.5 Å². The number of methoxy groups -OCH3 is 1. The number of carbonyl (C=O) groups is 2. The molecule has 2 aliphatic carbocycles. The Morgan fingerprint density at radius 2 is 1.70 bits per heavy atom. The van der Waals surface area contributed by atoms with Crippen molar-refractivity contribution in [1.29, 1.82) is 0 Å². The second kappa shape index (κ2) is 12.7. The zero-order valence-corrected chi connectivity index (χ0v) is 23.4. The summed E-state index contributed by atoms with van der Waals surface area (Å²) in [4.78, 5) is 25.0. The van der Waals surface area contributed by atoms with Crippen LogP contribution in [0.25, 0.3) is 0 Å². The molecule has 2 saturated carbocycles. The van der Waals surface area contributed by atoms with Crippen LogP contribution in [0.5, 0.6) is 0 Å². The highest BCUT2D eigenvalue weighted by Crippen LogP contribution is 2.57. The van der Waals surface area contributed by atoms with Crippen molar-refractivity contribution in [3.05, 3.63) is 12.2 Å². The van der Waals surface area contributed by atoms with Crippen molar-refractivity contribution >= 4 is 11.9 Å². The Balaban J connectivity index is 1.91. The molecule has 12 unspecified atom stereocenters. The van der Waals surface area contributed by atoms with Crippen LogP contribution in [0.2, 0.25) is 0 Å². The summed E-state index contributed by atoms with van der Waals surface area (Å²) in [6.07, 6.45) is -10.6. The molecular weight excluding hydrogens is 532 g/mol. The third kappa shape index (κ3) is 6.08. The summed E-state index contributed by atoms with van der Waals surface area (Å²) in [5.41, 5.74) is -2.82. The number of hydrogen-bond acceptors (Lipinski definition) is 13. The zero-order valence-electron chi connectivity index (χ0n) is 23.4. The normalized spacial score (nSPS) is 42.5. The Labute approximate surface area is 233 Å². The first-order valence-electron chi connectivity index (χ1n) is 13.6. The first-order valence-corrected chi connectivity index (χ1v) is 13.6. The topological polar surface area (TPSA) is 213 Å². The van der Waals surface area contributed by atoms with Gasteiger partial charge in [-0.1, -0.05) is 27.4 Å². The molecule has 3 rings (SSSR count). The van der Waals surface area contributed by atoms with E-state index in [1.165, 1.54) is 7.11 Å². The average molecular weight is 577 g/mol. The molecule has 3 aliphatic rings. The van der Waals surface area contributed by atoms with E-state index in [-0.39, 0.29) is 24.8 Å². The van der Waals surface area contributed by atoms with Gasteiger partial charge in [-0.15, -0.1) is 0 Å². The zero-order chi connectivity index (χ0) is 30.2. The van der Waals surface area contributed by atoms with Crippen LogP contribution in [0.4, 0.5) is 0 Å². The molecule has 0 bridgehead atoms. The van der Waals surface area contributed by atoms with Crippen molar-refractivity contribution < 1.29 is 64.3 Å². The first kappa shape index (κ1) is 32.8. The largest absolute Gasteiger partial charge is 0.466 e. The van der Waals surface area contributed by atoms with Gasteiger partial charge in [0, 0.05) is 22.8 Å². The lowest BCUT2D eigenvalue weighted by Crippen LogP contribution is -2.67. The number of fused-ring (bicyclic) bond motifs is 1. The van der Waals surface area contributed by atoms with Gasteiger partial charge >= 0.3 is 11.9 Å². The van der Waals surface area contributed by atoms with Crippen LogP contribution in [-0.4, -0.2) is 123 Å². The average Bonchev–Trinajstić information content (AvgIpc) is 2.91. The smallest absolute Gasteiger partial charge is 0.335 e. The minimum Gasteiger partial charge on any atom is -0.466 e. The van der Waals surface area contributed by atoms with Crippen LogP contribution in [0.15, 0.2) is 12.2 Å². The lowest BCUT2D eigenvalue weighted by Gasteiger charge is -2.59. The fourth-order valence-corrected chi connectivity index (χ4v) is 6.51. The van der Waals surface area contributed by atoms with Gasteiger partial charge in [-0.3, -0.25) is 0 Å². The minimum atomic E-state index is -1.80. The molecule has 230 valence electrons. The number of ether oxygens (including phenoxy) is 4. The molecule has 7 N–H and O–H groups in total. The second-order valence-corrected chi connectivity index (χ2v) is 11.9. The van der Waals surface area contributed by atoms with Crippen molar-refractivity contribution in [2.75, 3.05) is 20.3 Å². The molecule has 0 aromatic rings. The minimum absolute atomic E-state index is 0.0172. The molecule has 0 aromatic carbocycles. The predicted molar refractivity (Wildman–Crippen MR) is 136 cm³/mol. The molecule has 1 saturated heterocycles. The van der Waals surface area contributed by atoms with E-state index < -0.39 is 103 Å². The van der Waals surface area contributed by atoms with Gasteiger partial charge in [0.25, 0.3) is 0 Å². The lowest BCUT2D eigenvalue weighted by molar-refractivity contribution is -0.319. The highest BCUT2D eigenvalue weighted by atomic mass is 16.7. The number of hydrogen-bond donors (Lipinski definition) is 7. The number of aliphatic hydroxyl groups excluding tert-OH is 6. The van der Waals surface area contributed by atoms with E-state index in [1.54, 1.807) is 20.8 Å². The Kier molecular flexibility index (Phi) is 10.4. The Hall–Kier alpha value is -1.68. The molecule has 1 heterocycles. The van der Waals surface area contributed by atoms with E-state index in [4.69, 9.17) is 18.9 Å². The first-order chi connectivity index (χ1) is 18.6. The van der Waals surface area contributed by atoms with Gasteiger partial charge in [-0.25, -0.2) is 9.59 Å². The molecule has 12 atom stereocenters. The Morgan fingerprint density at radius 1 is 1.05 bits per heavy atom. The van der Waals surface area contributed by atoms with Gasteiger partial charge in [0.05, 0.1) is 32.0 Å². The molecule has 40 heavy (non-hydrogen) atoms. The standard InChI is InChI=1S/C27H44O13/c1-12(2)17(29)24(35)40-16-7-9-27(36,11-38-25-21(33)20(32)19(31)15(10-28)39-25)22-18(30)14(6-8-26(16,22)4)13(3)23(34)37-5/h12,14-22,25,28-33,36H,3,6-11H2,1-2,4-5H3. The molecule has 0 aromatic heterocycles. The highest BCUT2D eigenvalue weighted by Gasteiger charge is 2.63. The summed E-state index contributed by atoms with van der Waals surface area (Å²) in [6, 6.07) is 0. The number of rotatable bonds is 9. The number of aliphatic hydroxyl groups is 7. The predicted octanol–water partition coefficient (Wildman–Crippen LogP) is -1.62. The Bertz CT molecular complexity index is 924. The molecule has 0 amide bonds. The summed E-state index contributed by atoms with van der Waals surface area (Å²) in [7, 11) is 1.19. The van der Waals surface area contributed by atoms with E-state index >= 15 is 0 Å². The molecular formula is C27H44O13. The van der Waals surface area contributed by atoms with Crippen LogP contribution in [0.3, 0.4) is 0 Å². The molecule has 3 fully saturated rings. The fourth-order valence-electron chi connectivity index (χ4n) is 6.51. The summed E-state index contributed by atoms with van der Waals surface area (Å²) in [5.74, 6) is -3.77. The van der Waals surface area contributed by atoms with E-state index in [0.29, 0.717) is 6.42 Å². The number of esters is 2. The van der Waals surface area contributed by atoms with Gasteiger partial charge in [0.15, 0.2) is 12.4 Å². The van der Waals surface area contributed by atoms with Gasteiger partial charge in [0.2, 0.25) is 0 Å². The van der Waals surface area contributed by atoms with Crippen molar-refractivity contribution in [1.82, 2.24) is 0 Å². The van der Waals surface area contributed by atoms with Crippen molar-refractivity contribution in [2.24, 2.45) is 23.2 Å². The maximum Gasteiger partial charge on any atom is 0.335 e. The molecule has 0 radical (unpaired) electrons. The maximum atomic E-state index is 12.7. The van der Waals surface area contributed by atoms with Crippen molar-refractivity contribution in [2.45, 2.75) is 101 Å². The Morgan fingerprint density at radius 3 is 2.27 bits per heavy atom. The van der Waals surface area contributed by atoms with E-state index in [0.717, 1.165) is 0 Å². The summed E-state index contributed by atoms with van der Waals surface area (Å²) < 4.78 is 21.6. The highest BCUT2D eigenvalue weighted by molar-refractivity contribution is 5.88. The molecule has 13 heteroatoms. The third-order valence-electron chi connectivity index (χ3n) is 8.98. The SMILES string of the molecule is C=C(C(=O)OC)C1CCC2(C)C(OC(=O)C(O)C(C)C)CCC(O)(COC3OC(CO)C(O)C(O)C3O)C2C1O. The van der Waals surface area contributed by atoms with Gasteiger partial charge in [0.1, 0.15) is 30.5 Å². The lowest BCUT2D eigenvalue weighted by atomic mass is 9.50. The third-order valence-corrected chi connectivity index (χ3v) is 8.98. The van der Waals surface area contributed by atoms with Gasteiger partial charge < -0.3 is 54.7 Å². The van der Waals surface area contributed by atoms with E-state index in [2.05, 4.69) is 6.58 Å². The van der Waals surface area contributed by atoms with Crippen molar-refractivity contribution in [3.63, 3.8) is 0 Å². The molecule has 1 aliphatic heterocycles. The van der Waals surface area contributed by atoms with Crippen LogP contribution < -0.4 is 0 Å². The van der Waals surface area contributed by atoms with Gasteiger partial charge in [-0.05, 0) is 31.6 Å². The molecule has 0 spiro atoms. The van der Waals surface area contributed by atoms with Crippen LogP contribution in [0, 0.1) is 23.2 Å². The number of carbonyl (C=O) groups excluding carboxylic acids is 2. The summed E-state index contributed by atoms with van der Waals surface area (Å²) >= 11 is 0.